The second kappa shape index (κ2) is 3.00. The molecule has 0 aromatic heterocycles. The molecule has 0 aliphatic heterocycles. The Morgan fingerprint density at radius 2 is 1.73 bits per heavy atom. The van der Waals surface area contributed by atoms with Crippen LogP contribution in [0.15, 0.2) is 6.07 Å². The zero-order valence-corrected chi connectivity index (χ0v) is 7.75. The van der Waals surface area contributed by atoms with Gasteiger partial charge in [0.15, 0.2) is 11.6 Å². The number of rotatable bonds is 0. The van der Waals surface area contributed by atoms with Gasteiger partial charge in [0.25, 0.3) is 0 Å². The minimum Gasteiger partial charge on any atom is -0.205 e. The van der Waals surface area contributed by atoms with E-state index < -0.39 is 17.5 Å². The van der Waals surface area contributed by atoms with Crippen LogP contribution in [0.1, 0.15) is 5.56 Å². The lowest BCUT2D eigenvalue weighted by Gasteiger charge is -2.01. The molecule has 1 aromatic carbocycles. The Bertz CT molecular complexity index is 270. The van der Waals surface area contributed by atoms with Gasteiger partial charge in [-0.3, -0.25) is 0 Å². The topological polar surface area (TPSA) is 0 Å². The molecule has 0 bridgehead atoms. The SMILES string of the molecule is Cc1c(F)c(F)cc(I)c1F. The molecular formula is C7H4F3I. The molecule has 0 saturated heterocycles. The molecule has 0 heterocycles. The van der Waals surface area contributed by atoms with Crippen LogP contribution >= 0.6 is 22.6 Å². The van der Waals surface area contributed by atoms with Crippen LogP contribution in [0.5, 0.6) is 0 Å². The van der Waals surface area contributed by atoms with E-state index >= 15 is 0 Å². The highest BCUT2D eigenvalue weighted by Gasteiger charge is 2.12. The van der Waals surface area contributed by atoms with Crippen LogP contribution in [0.3, 0.4) is 0 Å². The van der Waals surface area contributed by atoms with Crippen molar-refractivity contribution in [2.45, 2.75) is 6.92 Å². The highest BCUT2D eigenvalue weighted by Crippen LogP contribution is 2.20. The number of hydrogen-bond acceptors (Lipinski definition) is 0. The molecule has 0 aliphatic carbocycles. The van der Waals surface area contributed by atoms with Crippen LogP contribution < -0.4 is 0 Å². The highest BCUT2D eigenvalue weighted by molar-refractivity contribution is 14.1. The van der Waals surface area contributed by atoms with Crippen molar-refractivity contribution < 1.29 is 13.2 Å². The summed E-state index contributed by atoms with van der Waals surface area (Å²) in [5, 5.41) is 0. The summed E-state index contributed by atoms with van der Waals surface area (Å²) in [6.07, 6.45) is 0. The molecule has 0 N–H and O–H groups in total. The lowest BCUT2D eigenvalue weighted by Crippen LogP contribution is -1.96. The molecule has 0 unspecified atom stereocenters. The first-order chi connectivity index (χ1) is 5.04. The van der Waals surface area contributed by atoms with Crippen molar-refractivity contribution in [2.75, 3.05) is 0 Å². The summed E-state index contributed by atoms with van der Waals surface area (Å²) in [5.74, 6) is -2.80. The fourth-order valence-electron chi connectivity index (χ4n) is 0.693. The van der Waals surface area contributed by atoms with Crippen LogP contribution in [-0.2, 0) is 0 Å². The minimum absolute atomic E-state index is 0.0963. The summed E-state index contributed by atoms with van der Waals surface area (Å²) < 4.78 is 37.9. The van der Waals surface area contributed by atoms with Crippen molar-refractivity contribution >= 4 is 22.6 Å². The van der Waals surface area contributed by atoms with Crippen LogP contribution in [-0.4, -0.2) is 0 Å². The summed E-state index contributed by atoms with van der Waals surface area (Å²) >= 11 is 1.61. The number of halogens is 4. The maximum absolute atomic E-state index is 12.8. The van der Waals surface area contributed by atoms with Gasteiger partial charge in [0, 0.05) is 5.56 Å². The molecule has 0 nitrogen and oxygen atoms in total. The van der Waals surface area contributed by atoms with Gasteiger partial charge in [-0.15, -0.1) is 0 Å². The number of hydrogen-bond donors (Lipinski definition) is 0. The monoisotopic (exact) mass is 272 g/mol. The molecule has 0 radical (unpaired) electrons. The molecule has 0 atom stereocenters. The van der Waals surface area contributed by atoms with Crippen molar-refractivity contribution in [3.63, 3.8) is 0 Å². The first-order valence-electron chi connectivity index (χ1n) is 2.83. The van der Waals surface area contributed by atoms with Crippen LogP contribution in [0.2, 0.25) is 0 Å². The van der Waals surface area contributed by atoms with E-state index in [0.29, 0.717) is 0 Å². The van der Waals surface area contributed by atoms with E-state index in [1.54, 1.807) is 22.6 Å². The average molecular weight is 272 g/mol. The van der Waals surface area contributed by atoms with Gasteiger partial charge in [0.1, 0.15) is 5.82 Å². The molecule has 0 fully saturated rings. The predicted molar refractivity (Wildman–Crippen MR) is 43.8 cm³/mol. The quantitative estimate of drug-likeness (QED) is 0.503. The van der Waals surface area contributed by atoms with E-state index in [-0.39, 0.29) is 9.13 Å². The zero-order valence-electron chi connectivity index (χ0n) is 5.59. The van der Waals surface area contributed by atoms with Crippen LogP contribution in [0.25, 0.3) is 0 Å². The molecule has 1 rings (SSSR count). The average Bonchev–Trinajstić information content (AvgIpc) is 1.97. The van der Waals surface area contributed by atoms with Crippen LogP contribution in [0.4, 0.5) is 13.2 Å². The Balaban J connectivity index is 3.46. The molecule has 4 heteroatoms. The van der Waals surface area contributed by atoms with Gasteiger partial charge in [-0.1, -0.05) is 0 Å². The first-order valence-corrected chi connectivity index (χ1v) is 3.91. The van der Waals surface area contributed by atoms with E-state index in [1.165, 1.54) is 6.92 Å². The van der Waals surface area contributed by atoms with Gasteiger partial charge in [-0.25, -0.2) is 13.2 Å². The van der Waals surface area contributed by atoms with Crippen molar-refractivity contribution in [3.8, 4) is 0 Å². The lowest BCUT2D eigenvalue weighted by molar-refractivity contribution is 0.483. The van der Waals surface area contributed by atoms with Gasteiger partial charge in [0.2, 0.25) is 0 Å². The zero-order chi connectivity index (χ0) is 8.59. The van der Waals surface area contributed by atoms with Gasteiger partial charge < -0.3 is 0 Å². The third-order valence-electron chi connectivity index (χ3n) is 1.33. The fraction of sp³-hybridized carbons (Fsp3) is 0.143. The van der Waals surface area contributed by atoms with E-state index in [9.17, 15) is 13.2 Å². The normalized spacial score (nSPS) is 10.3. The molecule has 0 aliphatic rings. The Morgan fingerprint density at radius 3 is 2.27 bits per heavy atom. The Labute approximate surface area is 75.6 Å². The summed E-state index contributed by atoms with van der Waals surface area (Å²) in [4.78, 5) is 0. The second-order valence-electron chi connectivity index (χ2n) is 2.09. The summed E-state index contributed by atoms with van der Waals surface area (Å²) in [5.41, 5.74) is -0.269. The van der Waals surface area contributed by atoms with E-state index in [4.69, 9.17) is 0 Å². The van der Waals surface area contributed by atoms with Crippen molar-refractivity contribution in [2.24, 2.45) is 0 Å². The molecule has 0 spiro atoms. The number of benzene rings is 1. The lowest BCUT2D eigenvalue weighted by atomic mass is 10.2. The second-order valence-corrected chi connectivity index (χ2v) is 3.26. The molecule has 60 valence electrons. The van der Waals surface area contributed by atoms with Gasteiger partial charge in [-0.2, -0.15) is 0 Å². The third kappa shape index (κ3) is 1.50. The highest BCUT2D eigenvalue weighted by atomic mass is 127. The first kappa shape index (κ1) is 8.83. The third-order valence-corrected chi connectivity index (χ3v) is 2.12. The summed E-state index contributed by atoms with van der Waals surface area (Å²) in [7, 11) is 0. The maximum atomic E-state index is 12.8. The Kier molecular flexibility index (Phi) is 2.41. The van der Waals surface area contributed by atoms with E-state index in [0.717, 1.165) is 6.07 Å². The standard InChI is InChI=1S/C7H4F3I/c1-3-6(9)4(8)2-5(11)7(3)10/h2H,1H3. The van der Waals surface area contributed by atoms with Crippen LogP contribution in [0, 0.1) is 27.9 Å². The molecule has 1 aromatic rings. The van der Waals surface area contributed by atoms with Gasteiger partial charge >= 0.3 is 0 Å². The molecular weight excluding hydrogens is 268 g/mol. The Hall–Kier alpha value is -0.260. The largest absolute Gasteiger partial charge is 0.205 e. The van der Waals surface area contributed by atoms with E-state index in [1.807, 2.05) is 0 Å². The molecule has 0 saturated carbocycles. The van der Waals surface area contributed by atoms with Crippen molar-refractivity contribution in [1.29, 1.82) is 0 Å². The summed E-state index contributed by atoms with van der Waals surface area (Å²) in [6.45, 7) is 1.20. The predicted octanol–water partition coefficient (Wildman–Crippen LogP) is 3.02. The van der Waals surface area contributed by atoms with Gasteiger partial charge in [-0.05, 0) is 35.6 Å². The molecule has 0 amide bonds. The smallest absolute Gasteiger partial charge is 0.164 e. The van der Waals surface area contributed by atoms with E-state index in [2.05, 4.69) is 0 Å². The maximum Gasteiger partial charge on any atom is 0.164 e. The summed E-state index contributed by atoms with van der Waals surface area (Å²) in [6, 6.07) is 0.832. The molecule has 11 heavy (non-hydrogen) atoms. The fourth-order valence-corrected chi connectivity index (χ4v) is 1.37. The van der Waals surface area contributed by atoms with Crippen molar-refractivity contribution in [1.82, 2.24) is 0 Å². The Morgan fingerprint density at radius 1 is 1.18 bits per heavy atom. The van der Waals surface area contributed by atoms with Crippen molar-refractivity contribution in [3.05, 3.63) is 32.7 Å². The van der Waals surface area contributed by atoms with Gasteiger partial charge in [0.05, 0.1) is 3.57 Å². The minimum atomic E-state index is -1.11.